The predicted molar refractivity (Wildman–Crippen MR) is 87.9 cm³/mol. The minimum atomic E-state index is 0.659. The quantitative estimate of drug-likeness (QED) is 0.636. The molecule has 0 saturated heterocycles. The maximum absolute atomic E-state index is 5.29. The molecule has 0 bridgehead atoms. The summed E-state index contributed by atoms with van der Waals surface area (Å²) < 4.78 is 10.4. The van der Waals surface area contributed by atoms with Gasteiger partial charge in [-0.1, -0.05) is 12.1 Å². The van der Waals surface area contributed by atoms with Gasteiger partial charge in [0.2, 0.25) is 0 Å². The Bertz CT molecular complexity index is 360. The molecule has 1 N–H and O–H groups in total. The third-order valence-electron chi connectivity index (χ3n) is 3.30. The van der Waals surface area contributed by atoms with Crippen LogP contribution < -0.4 is 10.1 Å². The van der Waals surface area contributed by atoms with Crippen molar-refractivity contribution in [2.24, 2.45) is 5.92 Å². The standard InChI is InChI=1S/C16H27NO2S/c1-18-9-8-17-13-15(7-10-20-3)11-14-5-4-6-16(12-14)19-2/h4-6,12,15,17H,7-11,13H2,1-3H3. The first-order valence-corrected chi connectivity index (χ1v) is 8.51. The normalized spacial score (nSPS) is 12.3. The van der Waals surface area contributed by atoms with E-state index in [1.54, 1.807) is 14.2 Å². The van der Waals surface area contributed by atoms with E-state index >= 15 is 0 Å². The second-order valence-electron chi connectivity index (χ2n) is 4.90. The third kappa shape index (κ3) is 7.17. The van der Waals surface area contributed by atoms with E-state index in [0.29, 0.717) is 5.92 Å². The van der Waals surface area contributed by atoms with Gasteiger partial charge in [0.25, 0.3) is 0 Å². The summed E-state index contributed by atoms with van der Waals surface area (Å²) in [7, 11) is 3.46. The van der Waals surface area contributed by atoms with Crippen LogP contribution in [0.3, 0.4) is 0 Å². The average Bonchev–Trinajstić information content (AvgIpc) is 2.49. The van der Waals surface area contributed by atoms with Gasteiger partial charge in [0.1, 0.15) is 5.75 Å². The zero-order valence-electron chi connectivity index (χ0n) is 12.9. The van der Waals surface area contributed by atoms with Gasteiger partial charge in [-0.15, -0.1) is 0 Å². The highest BCUT2D eigenvalue weighted by Gasteiger charge is 2.10. The van der Waals surface area contributed by atoms with Crippen LogP contribution in [0, 0.1) is 5.92 Å². The van der Waals surface area contributed by atoms with Crippen LogP contribution >= 0.6 is 11.8 Å². The first kappa shape index (κ1) is 17.3. The molecule has 1 aromatic rings. The van der Waals surface area contributed by atoms with E-state index in [9.17, 15) is 0 Å². The Morgan fingerprint density at radius 1 is 1.30 bits per heavy atom. The van der Waals surface area contributed by atoms with Crippen LogP contribution in [0.5, 0.6) is 5.75 Å². The fourth-order valence-electron chi connectivity index (χ4n) is 2.17. The van der Waals surface area contributed by atoms with Crippen molar-refractivity contribution in [2.75, 3.05) is 45.9 Å². The number of ether oxygens (including phenoxy) is 2. The fourth-order valence-corrected chi connectivity index (χ4v) is 2.74. The van der Waals surface area contributed by atoms with Crippen LogP contribution in [0.15, 0.2) is 24.3 Å². The number of benzene rings is 1. The Balaban J connectivity index is 2.48. The summed E-state index contributed by atoms with van der Waals surface area (Å²) in [5, 5.41) is 3.48. The highest BCUT2D eigenvalue weighted by Crippen LogP contribution is 2.18. The average molecular weight is 297 g/mol. The molecular formula is C16H27NO2S. The molecule has 0 heterocycles. The van der Waals surface area contributed by atoms with Crippen LogP contribution in [-0.4, -0.2) is 45.9 Å². The van der Waals surface area contributed by atoms with Crippen molar-refractivity contribution in [3.8, 4) is 5.75 Å². The molecule has 0 radical (unpaired) electrons. The summed E-state index contributed by atoms with van der Waals surface area (Å²) in [5.41, 5.74) is 1.35. The van der Waals surface area contributed by atoms with E-state index < -0.39 is 0 Å². The number of methoxy groups -OCH3 is 2. The summed E-state index contributed by atoms with van der Waals surface area (Å²) in [6.45, 7) is 2.74. The molecule has 0 amide bonds. The van der Waals surface area contributed by atoms with Crippen LogP contribution in [0.25, 0.3) is 0 Å². The minimum absolute atomic E-state index is 0.659. The molecule has 1 rings (SSSR count). The molecule has 4 heteroatoms. The predicted octanol–water partition coefficient (Wildman–Crippen LogP) is 2.84. The van der Waals surface area contributed by atoms with Crippen molar-refractivity contribution in [2.45, 2.75) is 12.8 Å². The maximum Gasteiger partial charge on any atom is 0.119 e. The molecule has 0 aliphatic rings. The van der Waals surface area contributed by atoms with Gasteiger partial charge >= 0.3 is 0 Å². The monoisotopic (exact) mass is 297 g/mol. The molecule has 0 saturated carbocycles. The van der Waals surface area contributed by atoms with Gasteiger partial charge in [-0.05, 0) is 55.0 Å². The lowest BCUT2D eigenvalue weighted by Gasteiger charge is -2.18. The van der Waals surface area contributed by atoms with E-state index in [4.69, 9.17) is 9.47 Å². The SMILES string of the molecule is COCCNCC(CCSC)Cc1cccc(OC)c1. The zero-order valence-corrected chi connectivity index (χ0v) is 13.7. The molecule has 1 unspecified atom stereocenters. The molecule has 0 aromatic heterocycles. The molecular weight excluding hydrogens is 270 g/mol. The molecule has 0 aliphatic carbocycles. The van der Waals surface area contributed by atoms with Gasteiger partial charge in [-0.3, -0.25) is 0 Å². The molecule has 1 aromatic carbocycles. The summed E-state index contributed by atoms with van der Waals surface area (Å²) in [5.74, 6) is 2.81. The molecule has 114 valence electrons. The van der Waals surface area contributed by atoms with Crippen molar-refractivity contribution in [3.63, 3.8) is 0 Å². The topological polar surface area (TPSA) is 30.5 Å². The molecule has 3 nitrogen and oxygen atoms in total. The van der Waals surface area contributed by atoms with Gasteiger partial charge in [-0.25, -0.2) is 0 Å². The van der Waals surface area contributed by atoms with E-state index in [2.05, 4.69) is 29.8 Å². The lowest BCUT2D eigenvalue weighted by molar-refractivity contribution is 0.197. The molecule has 0 aliphatic heterocycles. The first-order chi connectivity index (χ1) is 9.80. The summed E-state index contributed by atoms with van der Waals surface area (Å²) in [6, 6.07) is 8.39. The van der Waals surface area contributed by atoms with E-state index in [1.165, 1.54) is 17.7 Å². The minimum Gasteiger partial charge on any atom is -0.497 e. The highest BCUT2D eigenvalue weighted by molar-refractivity contribution is 7.98. The first-order valence-electron chi connectivity index (χ1n) is 7.11. The molecule has 1 atom stereocenters. The number of hydrogen-bond acceptors (Lipinski definition) is 4. The Labute approximate surface area is 127 Å². The van der Waals surface area contributed by atoms with Crippen molar-refractivity contribution in [3.05, 3.63) is 29.8 Å². The summed E-state index contributed by atoms with van der Waals surface area (Å²) in [6.07, 6.45) is 4.50. The van der Waals surface area contributed by atoms with Crippen molar-refractivity contribution >= 4 is 11.8 Å². The Kier molecular flexibility index (Phi) is 9.54. The molecule has 0 spiro atoms. The maximum atomic E-state index is 5.29. The van der Waals surface area contributed by atoms with Crippen LogP contribution in [-0.2, 0) is 11.2 Å². The second-order valence-corrected chi connectivity index (χ2v) is 5.89. The number of thioether (sulfide) groups is 1. The van der Waals surface area contributed by atoms with Crippen molar-refractivity contribution in [1.29, 1.82) is 0 Å². The lowest BCUT2D eigenvalue weighted by Crippen LogP contribution is -2.27. The van der Waals surface area contributed by atoms with Gasteiger partial charge in [0, 0.05) is 13.7 Å². The number of nitrogens with one attached hydrogen (secondary N) is 1. The largest absolute Gasteiger partial charge is 0.497 e. The van der Waals surface area contributed by atoms with Crippen LogP contribution in [0.1, 0.15) is 12.0 Å². The van der Waals surface area contributed by atoms with E-state index in [0.717, 1.165) is 31.9 Å². The van der Waals surface area contributed by atoms with E-state index in [-0.39, 0.29) is 0 Å². The van der Waals surface area contributed by atoms with Gasteiger partial charge < -0.3 is 14.8 Å². The van der Waals surface area contributed by atoms with Crippen LogP contribution in [0.2, 0.25) is 0 Å². The Hall–Kier alpha value is -0.710. The van der Waals surface area contributed by atoms with Crippen molar-refractivity contribution in [1.82, 2.24) is 5.32 Å². The second kappa shape index (κ2) is 11.0. The summed E-state index contributed by atoms with van der Waals surface area (Å²) >= 11 is 1.91. The zero-order chi connectivity index (χ0) is 14.6. The number of hydrogen-bond donors (Lipinski definition) is 1. The highest BCUT2D eigenvalue weighted by atomic mass is 32.2. The van der Waals surface area contributed by atoms with Gasteiger partial charge in [0.15, 0.2) is 0 Å². The van der Waals surface area contributed by atoms with Crippen molar-refractivity contribution < 1.29 is 9.47 Å². The Morgan fingerprint density at radius 3 is 2.85 bits per heavy atom. The van der Waals surface area contributed by atoms with Gasteiger partial charge in [-0.2, -0.15) is 11.8 Å². The van der Waals surface area contributed by atoms with Gasteiger partial charge in [0.05, 0.1) is 13.7 Å². The third-order valence-corrected chi connectivity index (χ3v) is 3.95. The smallest absolute Gasteiger partial charge is 0.119 e. The summed E-state index contributed by atoms with van der Waals surface area (Å²) in [4.78, 5) is 0. The molecule has 20 heavy (non-hydrogen) atoms. The van der Waals surface area contributed by atoms with E-state index in [1.807, 2.05) is 17.8 Å². The van der Waals surface area contributed by atoms with Crippen LogP contribution in [0.4, 0.5) is 0 Å². The fraction of sp³-hybridized carbons (Fsp3) is 0.625. The Morgan fingerprint density at radius 2 is 2.15 bits per heavy atom. The lowest BCUT2D eigenvalue weighted by atomic mass is 9.96. The number of rotatable bonds is 11. The molecule has 0 fully saturated rings.